The molecule has 0 saturated carbocycles. The van der Waals surface area contributed by atoms with Crippen LogP contribution in [0.1, 0.15) is 49.7 Å². The summed E-state index contributed by atoms with van der Waals surface area (Å²) in [6.07, 6.45) is 4.15. The molecule has 35 heavy (non-hydrogen) atoms. The first-order valence-corrected chi connectivity index (χ1v) is 12.4. The van der Waals surface area contributed by atoms with E-state index in [1.807, 2.05) is 42.6 Å². The fourth-order valence-electron chi connectivity index (χ4n) is 5.14. The number of rotatable bonds is 4. The Bertz CT molecular complexity index is 1320. The summed E-state index contributed by atoms with van der Waals surface area (Å²) >= 11 is 12.4. The van der Waals surface area contributed by atoms with Crippen molar-refractivity contribution in [1.29, 1.82) is 0 Å². The third kappa shape index (κ3) is 4.05. The molecule has 0 aliphatic carbocycles. The van der Waals surface area contributed by atoms with Crippen LogP contribution in [0.15, 0.2) is 66.9 Å². The number of halogens is 1. The highest BCUT2D eigenvalue weighted by molar-refractivity contribution is 7.80. The Morgan fingerprint density at radius 1 is 1.11 bits per heavy atom. The van der Waals surface area contributed by atoms with E-state index in [1.54, 1.807) is 7.11 Å². The number of thiocarbonyl (C=S) groups is 1. The maximum absolute atomic E-state index is 6.52. The Hall–Kier alpha value is -3.09. The fraction of sp³-hybridized carbons (Fsp3) is 0.286. The molecule has 1 saturated heterocycles. The van der Waals surface area contributed by atoms with Gasteiger partial charge in [0.15, 0.2) is 5.11 Å². The molecule has 0 unspecified atom stereocenters. The molecule has 5 rings (SSSR count). The number of ether oxygens (including phenoxy) is 1. The molecule has 2 aliphatic heterocycles. The smallest absolute Gasteiger partial charge is 0.174 e. The standard InChI is InChI=1S/C28H29ClN4OS/c1-17-16-28(2,3)32(4)23-11-9-18(14-20(17)23)26-25(22-8-6-7-13-30-22)31-27(35)33(26)19-10-12-24(34-5)21(29)15-19/h6-16,25-26H,1-5H3,(H,31,35)/t25-,26+/m0/s1. The Morgan fingerprint density at radius 2 is 1.91 bits per heavy atom. The molecule has 3 heterocycles. The van der Waals surface area contributed by atoms with Gasteiger partial charge in [-0.3, -0.25) is 4.98 Å². The summed E-state index contributed by atoms with van der Waals surface area (Å²) in [5.74, 6) is 0.631. The van der Waals surface area contributed by atoms with Gasteiger partial charge in [0.1, 0.15) is 5.75 Å². The van der Waals surface area contributed by atoms with Gasteiger partial charge in [-0.1, -0.05) is 29.8 Å². The molecular formula is C28H29ClN4OS. The second-order valence-corrected chi connectivity index (χ2v) is 10.4. The molecule has 3 aromatic rings. The predicted molar refractivity (Wildman–Crippen MR) is 149 cm³/mol. The maximum Gasteiger partial charge on any atom is 0.174 e. The number of fused-ring (bicyclic) bond motifs is 1. The van der Waals surface area contributed by atoms with Crippen LogP contribution in [-0.4, -0.2) is 29.8 Å². The molecular weight excluding hydrogens is 476 g/mol. The van der Waals surface area contributed by atoms with E-state index in [0.717, 1.165) is 16.9 Å². The molecule has 0 radical (unpaired) electrons. The van der Waals surface area contributed by atoms with Gasteiger partial charge in [0.2, 0.25) is 0 Å². The van der Waals surface area contributed by atoms with Crippen LogP contribution in [0.4, 0.5) is 11.4 Å². The average molecular weight is 505 g/mol. The van der Waals surface area contributed by atoms with Crippen molar-refractivity contribution < 1.29 is 4.74 Å². The van der Waals surface area contributed by atoms with E-state index in [4.69, 9.17) is 28.6 Å². The first kappa shape index (κ1) is 23.6. The van der Waals surface area contributed by atoms with Crippen molar-refractivity contribution in [2.45, 2.75) is 38.4 Å². The second-order valence-electron chi connectivity index (χ2n) is 9.63. The summed E-state index contributed by atoms with van der Waals surface area (Å²) in [6.45, 7) is 6.66. The topological polar surface area (TPSA) is 40.6 Å². The third-order valence-electron chi connectivity index (χ3n) is 7.09. The molecule has 1 fully saturated rings. The fourth-order valence-corrected chi connectivity index (χ4v) is 5.74. The van der Waals surface area contributed by atoms with Crippen molar-refractivity contribution in [2.24, 2.45) is 0 Å². The molecule has 2 atom stereocenters. The lowest BCUT2D eigenvalue weighted by molar-refractivity contribution is 0.415. The zero-order valence-corrected chi connectivity index (χ0v) is 22.1. The molecule has 1 N–H and O–H groups in total. The Kier molecular flexibility index (Phi) is 5.98. The largest absolute Gasteiger partial charge is 0.495 e. The number of methoxy groups -OCH3 is 1. The molecule has 2 aliphatic rings. The zero-order chi connectivity index (χ0) is 24.9. The van der Waals surface area contributed by atoms with Crippen molar-refractivity contribution in [3.05, 3.63) is 88.7 Å². The molecule has 5 nitrogen and oxygen atoms in total. The average Bonchev–Trinajstić information content (AvgIpc) is 3.19. The number of aromatic nitrogens is 1. The lowest BCUT2D eigenvalue weighted by Crippen LogP contribution is -2.42. The molecule has 2 aromatic carbocycles. The molecule has 180 valence electrons. The number of benzene rings is 2. The first-order valence-electron chi connectivity index (χ1n) is 11.6. The minimum absolute atomic E-state index is 0.0442. The molecule has 0 bridgehead atoms. The number of pyridine rings is 1. The van der Waals surface area contributed by atoms with Crippen LogP contribution in [0.2, 0.25) is 5.02 Å². The van der Waals surface area contributed by atoms with Crippen LogP contribution < -0.4 is 19.9 Å². The lowest BCUT2D eigenvalue weighted by atomic mass is 9.86. The quantitative estimate of drug-likeness (QED) is 0.406. The molecule has 0 amide bonds. The van der Waals surface area contributed by atoms with Crippen molar-refractivity contribution in [1.82, 2.24) is 10.3 Å². The highest BCUT2D eigenvalue weighted by atomic mass is 35.5. The van der Waals surface area contributed by atoms with Crippen molar-refractivity contribution in [3.8, 4) is 5.75 Å². The highest BCUT2D eigenvalue weighted by Crippen LogP contribution is 2.45. The predicted octanol–water partition coefficient (Wildman–Crippen LogP) is 6.55. The first-order chi connectivity index (χ1) is 16.7. The number of allylic oxidation sites excluding steroid dienone is 1. The lowest BCUT2D eigenvalue weighted by Gasteiger charge is -2.41. The van der Waals surface area contributed by atoms with Gasteiger partial charge in [-0.2, -0.15) is 0 Å². The van der Waals surface area contributed by atoms with Gasteiger partial charge in [-0.25, -0.2) is 0 Å². The van der Waals surface area contributed by atoms with Crippen LogP contribution in [0, 0.1) is 0 Å². The number of hydrogen-bond donors (Lipinski definition) is 1. The van der Waals surface area contributed by atoms with E-state index in [1.165, 1.54) is 16.8 Å². The number of anilines is 2. The van der Waals surface area contributed by atoms with Gasteiger partial charge < -0.3 is 19.9 Å². The van der Waals surface area contributed by atoms with E-state index in [2.05, 4.69) is 72.2 Å². The molecule has 7 heteroatoms. The van der Waals surface area contributed by atoms with E-state index in [0.29, 0.717) is 15.9 Å². The molecule has 1 aromatic heterocycles. The van der Waals surface area contributed by atoms with Crippen LogP contribution in [-0.2, 0) is 0 Å². The van der Waals surface area contributed by atoms with Gasteiger partial charge in [-0.15, -0.1) is 0 Å². The van der Waals surface area contributed by atoms with E-state index in [-0.39, 0.29) is 17.6 Å². The summed E-state index contributed by atoms with van der Waals surface area (Å²) in [6, 6.07) is 18.2. The maximum atomic E-state index is 6.52. The van der Waals surface area contributed by atoms with Gasteiger partial charge in [-0.05, 0) is 86.6 Å². The van der Waals surface area contributed by atoms with Crippen molar-refractivity contribution in [3.63, 3.8) is 0 Å². The summed E-state index contributed by atoms with van der Waals surface area (Å²) < 4.78 is 5.37. The van der Waals surface area contributed by atoms with Crippen molar-refractivity contribution >= 4 is 45.9 Å². The Balaban J connectivity index is 1.66. The van der Waals surface area contributed by atoms with Gasteiger partial charge >= 0.3 is 0 Å². The SMILES string of the molecule is COc1ccc(N2C(=S)N[C@@H](c3ccccn3)[C@H]2c2ccc3c(c2)C(C)=CC(C)(C)N3C)cc1Cl. The van der Waals surface area contributed by atoms with E-state index >= 15 is 0 Å². The van der Waals surface area contributed by atoms with E-state index in [9.17, 15) is 0 Å². The Morgan fingerprint density at radius 3 is 2.60 bits per heavy atom. The summed E-state index contributed by atoms with van der Waals surface area (Å²) in [7, 11) is 3.76. The second kappa shape index (κ2) is 8.85. The van der Waals surface area contributed by atoms with Crippen molar-refractivity contribution in [2.75, 3.05) is 24.0 Å². The number of nitrogens with zero attached hydrogens (tertiary/aromatic N) is 3. The number of hydrogen-bond acceptors (Lipinski definition) is 4. The van der Waals surface area contributed by atoms with E-state index < -0.39 is 0 Å². The van der Waals surface area contributed by atoms with Crippen LogP contribution in [0.5, 0.6) is 5.75 Å². The summed E-state index contributed by atoms with van der Waals surface area (Å²) in [5.41, 5.74) is 6.67. The summed E-state index contributed by atoms with van der Waals surface area (Å²) in [5, 5.41) is 4.70. The minimum Gasteiger partial charge on any atom is -0.495 e. The summed E-state index contributed by atoms with van der Waals surface area (Å²) in [4.78, 5) is 9.13. The highest BCUT2D eigenvalue weighted by Gasteiger charge is 2.41. The molecule has 0 spiro atoms. The van der Waals surface area contributed by atoms with Crippen LogP contribution in [0.3, 0.4) is 0 Å². The van der Waals surface area contributed by atoms with Gasteiger partial charge in [0.05, 0.1) is 35.4 Å². The van der Waals surface area contributed by atoms with Crippen LogP contribution in [0.25, 0.3) is 5.57 Å². The van der Waals surface area contributed by atoms with Crippen LogP contribution >= 0.6 is 23.8 Å². The Labute approximate surface area is 217 Å². The monoisotopic (exact) mass is 504 g/mol. The van der Waals surface area contributed by atoms with Gasteiger partial charge in [0, 0.05) is 30.2 Å². The third-order valence-corrected chi connectivity index (χ3v) is 7.70. The zero-order valence-electron chi connectivity index (χ0n) is 20.5. The van der Waals surface area contributed by atoms with Gasteiger partial charge in [0.25, 0.3) is 0 Å². The number of likely N-dealkylation sites (N-methyl/N-ethyl adjacent to an activating group) is 1. The normalized spacial score (nSPS) is 20.9. The minimum atomic E-state index is -0.121. The number of nitrogens with one attached hydrogen (secondary N) is 1.